The molecule has 2 aliphatic heterocycles. The van der Waals surface area contributed by atoms with Crippen molar-refractivity contribution in [2.45, 2.75) is 37.6 Å². The van der Waals surface area contributed by atoms with Gasteiger partial charge in [0, 0.05) is 42.4 Å². The molecule has 1 saturated heterocycles. The maximum absolute atomic E-state index is 13.0. The number of anilines is 1. The predicted molar refractivity (Wildman–Crippen MR) is 116 cm³/mol. The van der Waals surface area contributed by atoms with Gasteiger partial charge in [0.1, 0.15) is 0 Å². The van der Waals surface area contributed by atoms with Crippen LogP contribution in [-0.4, -0.2) is 28.8 Å². The van der Waals surface area contributed by atoms with Crippen molar-refractivity contribution in [3.8, 4) is 0 Å². The number of piperidine rings is 1. The number of amides is 1. The van der Waals surface area contributed by atoms with Crippen molar-refractivity contribution in [2.75, 3.05) is 18.4 Å². The molecule has 30 heavy (non-hydrogen) atoms. The van der Waals surface area contributed by atoms with Gasteiger partial charge in [-0.1, -0.05) is 24.3 Å². The van der Waals surface area contributed by atoms with Gasteiger partial charge in [-0.15, -0.1) is 0 Å². The summed E-state index contributed by atoms with van der Waals surface area (Å²) in [7, 11) is 0. The number of carbonyl (C=O) groups excluding carboxylic acids is 1. The molecular formula is C24H25N3O3. The zero-order valence-electron chi connectivity index (χ0n) is 16.8. The lowest BCUT2D eigenvalue weighted by Gasteiger charge is -2.38. The minimum atomic E-state index is -0.367. The number of non-ortho nitro benzene ring substituents is 1. The highest BCUT2D eigenvalue weighted by Gasteiger charge is 2.38. The molecule has 154 valence electrons. The number of fused-ring (bicyclic) bond motifs is 3. The van der Waals surface area contributed by atoms with Crippen LogP contribution >= 0.6 is 0 Å². The molecule has 1 fully saturated rings. The van der Waals surface area contributed by atoms with Crippen molar-refractivity contribution in [1.29, 1.82) is 0 Å². The SMILES string of the molecule is O=C(c1ccc2c(c1)[C@H]1C=CC[C@@H]1[C@H](c1ccc([N+](=O)[O-])cc1)N2)N1CCCCC1. The molecule has 0 spiro atoms. The zero-order valence-corrected chi connectivity index (χ0v) is 16.8. The van der Waals surface area contributed by atoms with Crippen LogP contribution in [0, 0.1) is 16.0 Å². The molecule has 0 bridgehead atoms. The number of nitrogens with zero attached hydrogens (tertiary/aromatic N) is 2. The van der Waals surface area contributed by atoms with E-state index >= 15 is 0 Å². The molecule has 2 heterocycles. The van der Waals surface area contributed by atoms with Gasteiger partial charge in [0.15, 0.2) is 0 Å². The minimum absolute atomic E-state index is 0.0851. The fourth-order valence-corrected chi connectivity index (χ4v) is 5.14. The first-order valence-electron chi connectivity index (χ1n) is 10.7. The normalized spacial score (nSPS) is 24.7. The Kier molecular flexibility index (Phi) is 4.77. The van der Waals surface area contributed by atoms with Crippen molar-refractivity contribution in [1.82, 2.24) is 4.90 Å². The Morgan fingerprint density at radius 1 is 1.07 bits per heavy atom. The lowest BCUT2D eigenvalue weighted by atomic mass is 9.76. The lowest BCUT2D eigenvalue weighted by molar-refractivity contribution is -0.384. The molecular weight excluding hydrogens is 378 g/mol. The second-order valence-electron chi connectivity index (χ2n) is 8.48. The van der Waals surface area contributed by atoms with E-state index < -0.39 is 0 Å². The summed E-state index contributed by atoms with van der Waals surface area (Å²) in [6, 6.07) is 13.0. The van der Waals surface area contributed by atoms with E-state index in [9.17, 15) is 14.9 Å². The molecule has 0 saturated carbocycles. The highest BCUT2D eigenvalue weighted by Crippen LogP contribution is 2.50. The number of hydrogen-bond acceptors (Lipinski definition) is 4. The van der Waals surface area contributed by atoms with Crippen LogP contribution in [0.1, 0.15) is 59.1 Å². The molecule has 3 atom stereocenters. The summed E-state index contributed by atoms with van der Waals surface area (Å²) in [5.74, 6) is 0.711. The minimum Gasteiger partial charge on any atom is -0.378 e. The topological polar surface area (TPSA) is 75.5 Å². The zero-order chi connectivity index (χ0) is 20.7. The van der Waals surface area contributed by atoms with Gasteiger partial charge in [0.25, 0.3) is 11.6 Å². The maximum Gasteiger partial charge on any atom is 0.269 e. The second-order valence-corrected chi connectivity index (χ2v) is 8.48. The van der Waals surface area contributed by atoms with E-state index in [1.165, 1.54) is 12.0 Å². The standard InChI is InChI=1S/C24H25N3O3/c28-24(26-13-2-1-3-14-26)17-9-12-22-21(15-17)19-5-4-6-20(19)23(25-22)16-7-10-18(11-8-16)27(29)30/h4-5,7-12,15,19-20,23,25H,1-3,6,13-14H2/t19-,20-,23-/m0/s1. The van der Waals surface area contributed by atoms with E-state index in [1.54, 1.807) is 12.1 Å². The maximum atomic E-state index is 13.0. The lowest BCUT2D eigenvalue weighted by Crippen LogP contribution is -2.36. The molecule has 6 heteroatoms. The highest BCUT2D eigenvalue weighted by atomic mass is 16.6. The van der Waals surface area contributed by atoms with Gasteiger partial charge in [-0.05, 0) is 60.9 Å². The van der Waals surface area contributed by atoms with Gasteiger partial charge in [-0.25, -0.2) is 0 Å². The third kappa shape index (κ3) is 3.26. The molecule has 6 nitrogen and oxygen atoms in total. The van der Waals surface area contributed by atoms with E-state index in [1.807, 2.05) is 29.2 Å². The molecule has 2 aromatic rings. The van der Waals surface area contributed by atoms with E-state index in [-0.39, 0.29) is 28.5 Å². The number of likely N-dealkylation sites (tertiary alicyclic amines) is 1. The van der Waals surface area contributed by atoms with Gasteiger partial charge in [-0.2, -0.15) is 0 Å². The first kappa shape index (κ1) is 18.9. The Hall–Kier alpha value is -3.15. The Morgan fingerprint density at radius 3 is 2.57 bits per heavy atom. The van der Waals surface area contributed by atoms with Gasteiger partial charge < -0.3 is 10.2 Å². The smallest absolute Gasteiger partial charge is 0.269 e. The van der Waals surface area contributed by atoms with Gasteiger partial charge >= 0.3 is 0 Å². The average molecular weight is 403 g/mol. The molecule has 0 radical (unpaired) electrons. The summed E-state index contributed by atoms with van der Waals surface area (Å²) < 4.78 is 0. The van der Waals surface area contributed by atoms with Crippen LogP contribution in [0.25, 0.3) is 0 Å². The third-order valence-electron chi connectivity index (χ3n) is 6.72. The number of nitrogens with one attached hydrogen (secondary N) is 1. The molecule has 1 amide bonds. The highest BCUT2D eigenvalue weighted by molar-refractivity contribution is 5.95. The quantitative estimate of drug-likeness (QED) is 0.442. The van der Waals surface area contributed by atoms with Crippen molar-refractivity contribution in [3.63, 3.8) is 0 Å². The second kappa shape index (κ2) is 7.59. The van der Waals surface area contributed by atoms with E-state index in [2.05, 4.69) is 23.5 Å². The van der Waals surface area contributed by atoms with Crippen LogP contribution in [0.15, 0.2) is 54.6 Å². The van der Waals surface area contributed by atoms with Crippen LogP contribution < -0.4 is 5.32 Å². The summed E-state index contributed by atoms with van der Waals surface area (Å²) >= 11 is 0. The van der Waals surface area contributed by atoms with Crippen molar-refractivity contribution in [2.24, 2.45) is 5.92 Å². The summed E-state index contributed by atoms with van der Waals surface area (Å²) in [6.45, 7) is 1.70. The monoisotopic (exact) mass is 403 g/mol. The first-order valence-corrected chi connectivity index (χ1v) is 10.7. The number of benzene rings is 2. The Balaban J connectivity index is 1.44. The van der Waals surface area contributed by atoms with E-state index in [4.69, 9.17) is 0 Å². The summed E-state index contributed by atoms with van der Waals surface area (Å²) in [6.07, 6.45) is 8.78. The van der Waals surface area contributed by atoms with Gasteiger partial charge in [0.05, 0.1) is 11.0 Å². The molecule has 0 aromatic heterocycles. The van der Waals surface area contributed by atoms with Crippen LogP contribution in [0.5, 0.6) is 0 Å². The average Bonchev–Trinajstić information content (AvgIpc) is 3.29. The number of hydrogen-bond donors (Lipinski definition) is 1. The Morgan fingerprint density at radius 2 is 1.83 bits per heavy atom. The Bertz CT molecular complexity index is 1010. The van der Waals surface area contributed by atoms with Gasteiger partial charge in [0.2, 0.25) is 0 Å². The largest absolute Gasteiger partial charge is 0.378 e. The summed E-state index contributed by atoms with van der Waals surface area (Å²) in [4.78, 5) is 25.6. The fraction of sp³-hybridized carbons (Fsp3) is 0.375. The molecule has 5 rings (SSSR count). The van der Waals surface area contributed by atoms with Crippen molar-refractivity contribution >= 4 is 17.3 Å². The van der Waals surface area contributed by atoms with Crippen LogP contribution in [-0.2, 0) is 0 Å². The molecule has 1 N–H and O–H groups in total. The Labute approximate surface area is 175 Å². The van der Waals surface area contributed by atoms with Crippen molar-refractivity contribution < 1.29 is 9.72 Å². The summed E-state index contributed by atoms with van der Waals surface area (Å²) in [5, 5.41) is 14.6. The third-order valence-corrected chi connectivity index (χ3v) is 6.72. The van der Waals surface area contributed by atoms with Crippen molar-refractivity contribution in [3.05, 3.63) is 81.4 Å². The molecule has 2 aromatic carbocycles. The molecule has 1 aliphatic carbocycles. The molecule has 3 aliphatic rings. The van der Waals surface area contributed by atoms with Gasteiger partial charge in [-0.3, -0.25) is 14.9 Å². The first-order chi connectivity index (χ1) is 14.6. The van der Waals surface area contributed by atoms with Crippen LogP contribution in [0.4, 0.5) is 11.4 Å². The number of nitro groups is 1. The fourth-order valence-electron chi connectivity index (χ4n) is 5.14. The number of rotatable bonds is 3. The van der Waals surface area contributed by atoms with E-state index in [0.717, 1.165) is 49.2 Å². The van der Waals surface area contributed by atoms with Crippen LogP contribution in [0.3, 0.4) is 0 Å². The number of carbonyl (C=O) groups is 1. The molecule has 0 unspecified atom stereocenters. The predicted octanol–water partition coefficient (Wildman–Crippen LogP) is 5.05. The number of allylic oxidation sites excluding steroid dienone is 2. The van der Waals surface area contributed by atoms with Crippen LogP contribution in [0.2, 0.25) is 0 Å². The van der Waals surface area contributed by atoms with E-state index in [0.29, 0.717) is 5.92 Å². The summed E-state index contributed by atoms with van der Waals surface area (Å²) in [5.41, 5.74) is 4.15. The number of nitro benzene ring substituents is 1.